The van der Waals surface area contributed by atoms with E-state index in [1.165, 1.54) is 11.3 Å². The number of halogens is 1. The number of nitrogens with one attached hydrogen (secondary N) is 1. The highest BCUT2D eigenvalue weighted by atomic mass is 35.5. The largest absolute Gasteiger partial charge is 0.299 e. The van der Waals surface area contributed by atoms with E-state index in [4.69, 9.17) is 11.6 Å². The maximum Gasteiger partial charge on any atom is 0.250 e. The van der Waals surface area contributed by atoms with Gasteiger partial charge < -0.3 is 0 Å². The third-order valence-corrected chi connectivity index (χ3v) is 7.42. The van der Waals surface area contributed by atoms with Crippen LogP contribution in [0.2, 0.25) is 5.02 Å². The van der Waals surface area contributed by atoms with Gasteiger partial charge in [-0.25, -0.2) is 8.42 Å². The zero-order chi connectivity index (χ0) is 20.9. The van der Waals surface area contributed by atoms with Crippen LogP contribution in [0, 0.1) is 5.92 Å². The van der Waals surface area contributed by atoms with Crippen LogP contribution < -0.4 is 9.62 Å². The molecule has 0 saturated carbocycles. The summed E-state index contributed by atoms with van der Waals surface area (Å²) in [6, 6.07) is 5.40. The van der Waals surface area contributed by atoms with E-state index in [2.05, 4.69) is 29.4 Å². The summed E-state index contributed by atoms with van der Waals surface area (Å²) in [7, 11) is -3.70. The molecule has 1 unspecified atom stereocenters. The van der Waals surface area contributed by atoms with Crippen LogP contribution in [-0.4, -0.2) is 42.6 Å². The van der Waals surface area contributed by atoms with Crippen molar-refractivity contribution >= 4 is 61.4 Å². The van der Waals surface area contributed by atoms with Gasteiger partial charge in [0.2, 0.25) is 21.1 Å². The van der Waals surface area contributed by atoms with Gasteiger partial charge in [-0.2, -0.15) is 0 Å². The fraction of sp³-hybridized carbons (Fsp3) is 0.471. The number of benzene rings is 1. The lowest BCUT2D eigenvalue weighted by molar-refractivity contribution is -0.117. The maximum absolute atomic E-state index is 12.8. The van der Waals surface area contributed by atoms with E-state index in [1.807, 2.05) is 0 Å². The number of sulfonamides is 1. The van der Waals surface area contributed by atoms with Gasteiger partial charge in [-0.1, -0.05) is 55.5 Å². The summed E-state index contributed by atoms with van der Waals surface area (Å²) >= 11 is 8.74. The topological polar surface area (TPSA) is 92.3 Å². The molecule has 0 aliphatic carbocycles. The molecular weight excluding hydrogens is 440 g/mol. The molecule has 11 heteroatoms. The smallest absolute Gasteiger partial charge is 0.250 e. The highest BCUT2D eigenvalue weighted by molar-refractivity contribution is 8.01. The third kappa shape index (κ3) is 6.33. The van der Waals surface area contributed by atoms with Crippen LogP contribution in [0.25, 0.3) is 0 Å². The monoisotopic (exact) mass is 462 g/mol. The molecule has 2 aromatic rings. The average Bonchev–Trinajstić information content (AvgIpc) is 3.05. The maximum atomic E-state index is 12.8. The van der Waals surface area contributed by atoms with Crippen molar-refractivity contribution < 1.29 is 13.2 Å². The molecule has 7 nitrogen and oxygen atoms in total. The second-order valence-corrected chi connectivity index (χ2v) is 11.1. The highest BCUT2D eigenvalue weighted by Gasteiger charge is 2.32. The van der Waals surface area contributed by atoms with Crippen LogP contribution in [0.5, 0.6) is 0 Å². The van der Waals surface area contributed by atoms with Gasteiger partial charge in [0.25, 0.3) is 0 Å². The lowest BCUT2D eigenvalue weighted by atomic mass is 10.2. The van der Waals surface area contributed by atoms with Crippen LogP contribution in [0.4, 0.5) is 10.8 Å². The number of anilines is 2. The van der Waals surface area contributed by atoms with Gasteiger partial charge in [0.05, 0.1) is 11.9 Å². The fourth-order valence-electron chi connectivity index (χ4n) is 2.39. The Balaban J connectivity index is 2.21. The predicted molar refractivity (Wildman–Crippen MR) is 117 cm³/mol. The van der Waals surface area contributed by atoms with Crippen molar-refractivity contribution in [3.63, 3.8) is 0 Å². The molecule has 1 aromatic carbocycles. The number of hydrogen-bond donors (Lipinski definition) is 1. The molecular formula is C17H23ClN4O3S3. The summed E-state index contributed by atoms with van der Waals surface area (Å²) < 4.78 is 26.7. The van der Waals surface area contributed by atoms with Gasteiger partial charge in [0.1, 0.15) is 6.04 Å². The zero-order valence-corrected chi connectivity index (χ0v) is 19.3. The molecule has 154 valence electrons. The molecule has 0 aliphatic heterocycles. The first kappa shape index (κ1) is 22.9. The van der Waals surface area contributed by atoms with E-state index in [1.54, 1.807) is 43.0 Å². The normalized spacial score (nSPS) is 12.8. The second kappa shape index (κ2) is 9.91. The summed E-state index contributed by atoms with van der Waals surface area (Å²) in [5.74, 6) is 0.956. The van der Waals surface area contributed by atoms with Crippen LogP contribution in [0.15, 0.2) is 28.6 Å². The number of carbonyl (C=O) groups is 1. The predicted octanol–water partition coefficient (Wildman–Crippen LogP) is 4.12. The highest BCUT2D eigenvalue weighted by Crippen LogP contribution is 2.28. The quantitative estimate of drug-likeness (QED) is 0.445. The minimum absolute atomic E-state index is 0.287. The van der Waals surface area contributed by atoms with Gasteiger partial charge in [-0.3, -0.25) is 14.4 Å². The van der Waals surface area contributed by atoms with E-state index in [0.29, 0.717) is 21.8 Å². The Bertz CT molecular complexity index is 901. The molecule has 0 saturated heterocycles. The van der Waals surface area contributed by atoms with E-state index in [9.17, 15) is 13.2 Å². The molecule has 0 bridgehead atoms. The molecule has 1 amide bonds. The number of aromatic nitrogens is 2. The van der Waals surface area contributed by atoms with Gasteiger partial charge in [-0.05, 0) is 36.6 Å². The Labute approximate surface area is 178 Å². The average molecular weight is 463 g/mol. The lowest BCUT2D eigenvalue weighted by Gasteiger charge is -2.29. The van der Waals surface area contributed by atoms with Crippen LogP contribution in [0.1, 0.15) is 27.2 Å². The summed E-state index contributed by atoms with van der Waals surface area (Å²) in [6.45, 7) is 5.97. The van der Waals surface area contributed by atoms with Crippen molar-refractivity contribution in [2.24, 2.45) is 5.92 Å². The van der Waals surface area contributed by atoms with E-state index >= 15 is 0 Å². The molecule has 28 heavy (non-hydrogen) atoms. The van der Waals surface area contributed by atoms with E-state index in [-0.39, 0.29) is 6.42 Å². The summed E-state index contributed by atoms with van der Waals surface area (Å²) in [5, 5.41) is 11.6. The first-order valence-electron chi connectivity index (χ1n) is 8.64. The van der Waals surface area contributed by atoms with Gasteiger partial charge in [0, 0.05) is 10.8 Å². The van der Waals surface area contributed by atoms with Crippen molar-refractivity contribution in [3.05, 3.63) is 29.3 Å². The van der Waals surface area contributed by atoms with Crippen molar-refractivity contribution in [1.29, 1.82) is 0 Å². The first-order chi connectivity index (χ1) is 13.1. The van der Waals surface area contributed by atoms with Crippen molar-refractivity contribution in [3.8, 4) is 0 Å². The number of thioether (sulfide) groups is 1. The Kier molecular flexibility index (Phi) is 8.11. The number of nitrogens with zero attached hydrogens (tertiary/aromatic N) is 3. The first-order valence-corrected chi connectivity index (χ1v) is 12.7. The van der Waals surface area contributed by atoms with E-state index < -0.39 is 22.0 Å². The number of amides is 1. The van der Waals surface area contributed by atoms with Gasteiger partial charge in [-0.15, -0.1) is 10.2 Å². The minimum Gasteiger partial charge on any atom is -0.299 e. The minimum atomic E-state index is -3.70. The van der Waals surface area contributed by atoms with Crippen LogP contribution >= 0.6 is 34.7 Å². The standard InChI is InChI=1S/C17H23ClN4O3S3/c1-5-14(22(28(4,24)25)13-8-6-12(18)7-9-13)15(23)19-16-20-21-17(27-16)26-10-11(2)3/h6-9,11,14H,5,10H2,1-4H3,(H,19,20,23). The molecule has 0 fully saturated rings. The summed E-state index contributed by atoms with van der Waals surface area (Å²) in [6.07, 6.45) is 1.36. The third-order valence-electron chi connectivity index (χ3n) is 3.59. The zero-order valence-electron chi connectivity index (χ0n) is 16.0. The molecule has 0 radical (unpaired) electrons. The molecule has 1 aromatic heterocycles. The van der Waals surface area contributed by atoms with Crippen molar-refractivity contribution in [1.82, 2.24) is 10.2 Å². The Morgan fingerprint density at radius 2 is 1.93 bits per heavy atom. The number of carbonyl (C=O) groups excluding carboxylic acids is 1. The molecule has 0 aliphatic rings. The fourth-order valence-corrected chi connectivity index (χ4v) is 5.46. The SMILES string of the molecule is CCC(C(=O)Nc1nnc(SCC(C)C)s1)N(c1ccc(Cl)cc1)S(C)(=O)=O. The molecule has 1 N–H and O–H groups in total. The van der Waals surface area contributed by atoms with Crippen LogP contribution in [0.3, 0.4) is 0 Å². The molecule has 1 heterocycles. The molecule has 2 rings (SSSR count). The molecule has 1 atom stereocenters. The van der Waals surface area contributed by atoms with Gasteiger partial charge in [0.15, 0.2) is 4.34 Å². The lowest BCUT2D eigenvalue weighted by Crippen LogP contribution is -2.46. The molecule has 0 spiro atoms. The van der Waals surface area contributed by atoms with Crippen molar-refractivity contribution in [2.45, 2.75) is 37.6 Å². The van der Waals surface area contributed by atoms with E-state index in [0.717, 1.165) is 20.7 Å². The Hall–Kier alpha value is -1.36. The van der Waals surface area contributed by atoms with Gasteiger partial charge >= 0.3 is 0 Å². The van der Waals surface area contributed by atoms with Crippen molar-refractivity contribution in [2.75, 3.05) is 21.6 Å². The number of rotatable bonds is 9. The van der Waals surface area contributed by atoms with Crippen LogP contribution in [-0.2, 0) is 14.8 Å². The second-order valence-electron chi connectivity index (χ2n) is 6.53. The summed E-state index contributed by atoms with van der Waals surface area (Å²) in [4.78, 5) is 12.8. The number of hydrogen-bond acceptors (Lipinski definition) is 7. The Morgan fingerprint density at radius 3 is 2.46 bits per heavy atom. The Morgan fingerprint density at radius 1 is 1.29 bits per heavy atom. The summed E-state index contributed by atoms with van der Waals surface area (Å²) in [5.41, 5.74) is 0.374.